The molecule has 0 radical (unpaired) electrons. The molecular weight excluding hydrogens is 386 g/mol. The number of esters is 1. The lowest BCUT2D eigenvalue weighted by molar-refractivity contribution is -0.118. The highest BCUT2D eigenvalue weighted by Crippen LogP contribution is 2.23. The fraction of sp³-hybridized carbons (Fsp3) is 0.261. The van der Waals surface area contributed by atoms with Crippen molar-refractivity contribution >= 4 is 28.5 Å². The SMILES string of the molecule is CCCc1cc(=O)oc2cc(OCC(=O)Nc3ccc(C(=O)OCC)cc3)ccc12. The Hall–Kier alpha value is -3.61. The molecule has 3 aromatic rings. The van der Waals surface area contributed by atoms with E-state index < -0.39 is 11.6 Å². The van der Waals surface area contributed by atoms with E-state index in [2.05, 4.69) is 5.32 Å². The van der Waals surface area contributed by atoms with Crippen LogP contribution in [0.25, 0.3) is 11.0 Å². The van der Waals surface area contributed by atoms with Gasteiger partial charge in [0.1, 0.15) is 11.3 Å². The molecule has 156 valence electrons. The molecule has 0 saturated carbocycles. The van der Waals surface area contributed by atoms with Crippen LogP contribution in [0.4, 0.5) is 5.69 Å². The number of carbonyl (C=O) groups is 2. The summed E-state index contributed by atoms with van der Waals surface area (Å²) >= 11 is 0. The van der Waals surface area contributed by atoms with E-state index >= 15 is 0 Å². The molecule has 1 amide bonds. The lowest BCUT2D eigenvalue weighted by Gasteiger charge is -2.09. The summed E-state index contributed by atoms with van der Waals surface area (Å²) in [5.41, 5.74) is 1.89. The molecule has 1 N–H and O–H groups in total. The molecule has 30 heavy (non-hydrogen) atoms. The van der Waals surface area contributed by atoms with Gasteiger partial charge in [-0.1, -0.05) is 13.3 Å². The number of carbonyl (C=O) groups excluding carboxylic acids is 2. The number of anilines is 1. The number of rotatable bonds is 8. The minimum absolute atomic E-state index is 0.218. The largest absolute Gasteiger partial charge is 0.484 e. The van der Waals surface area contributed by atoms with Gasteiger partial charge >= 0.3 is 11.6 Å². The van der Waals surface area contributed by atoms with Crippen LogP contribution in [-0.4, -0.2) is 25.1 Å². The van der Waals surface area contributed by atoms with Gasteiger partial charge in [0.15, 0.2) is 6.61 Å². The number of nitrogens with one attached hydrogen (secondary N) is 1. The summed E-state index contributed by atoms with van der Waals surface area (Å²) in [6.07, 6.45) is 1.69. The van der Waals surface area contributed by atoms with Crippen molar-refractivity contribution in [3.8, 4) is 5.75 Å². The molecule has 0 saturated heterocycles. The van der Waals surface area contributed by atoms with Crippen molar-refractivity contribution in [3.63, 3.8) is 0 Å². The molecule has 7 heteroatoms. The maximum atomic E-state index is 12.2. The molecular formula is C23H23NO6. The number of amides is 1. The third-order valence-corrected chi connectivity index (χ3v) is 4.37. The first-order chi connectivity index (χ1) is 14.5. The summed E-state index contributed by atoms with van der Waals surface area (Å²) in [5.74, 6) is -0.351. The van der Waals surface area contributed by atoms with Crippen molar-refractivity contribution in [2.24, 2.45) is 0 Å². The third-order valence-electron chi connectivity index (χ3n) is 4.37. The number of hydrogen-bond donors (Lipinski definition) is 1. The summed E-state index contributed by atoms with van der Waals surface area (Å²) in [6, 6.07) is 13.1. The molecule has 1 aromatic heterocycles. The first-order valence-electron chi connectivity index (χ1n) is 9.76. The van der Waals surface area contributed by atoms with Gasteiger partial charge in [0.25, 0.3) is 5.91 Å². The second-order valence-electron chi connectivity index (χ2n) is 6.63. The Morgan fingerprint density at radius 3 is 2.50 bits per heavy atom. The highest BCUT2D eigenvalue weighted by atomic mass is 16.5. The molecule has 0 aliphatic rings. The van der Waals surface area contributed by atoms with E-state index in [1.807, 2.05) is 13.0 Å². The van der Waals surface area contributed by atoms with Crippen molar-refractivity contribution in [2.75, 3.05) is 18.5 Å². The van der Waals surface area contributed by atoms with Gasteiger partial charge in [-0.25, -0.2) is 9.59 Å². The van der Waals surface area contributed by atoms with Crippen LogP contribution in [0.2, 0.25) is 0 Å². The van der Waals surface area contributed by atoms with E-state index in [0.29, 0.717) is 29.2 Å². The topological polar surface area (TPSA) is 94.8 Å². The van der Waals surface area contributed by atoms with Gasteiger partial charge in [-0.05, 0) is 55.3 Å². The van der Waals surface area contributed by atoms with Gasteiger partial charge in [-0.3, -0.25) is 4.79 Å². The van der Waals surface area contributed by atoms with E-state index in [1.54, 1.807) is 43.3 Å². The van der Waals surface area contributed by atoms with Crippen LogP contribution in [0.5, 0.6) is 5.75 Å². The quantitative estimate of drug-likeness (QED) is 0.447. The number of fused-ring (bicyclic) bond motifs is 1. The fourth-order valence-electron chi connectivity index (χ4n) is 3.03. The number of ether oxygens (including phenoxy) is 2. The Bertz CT molecular complexity index is 1100. The number of aryl methyl sites for hydroxylation is 1. The molecule has 1 heterocycles. The van der Waals surface area contributed by atoms with E-state index in [1.165, 1.54) is 6.07 Å². The van der Waals surface area contributed by atoms with Crippen LogP contribution in [0, 0.1) is 0 Å². The van der Waals surface area contributed by atoms with Gasteiger partial charge in [-0.15, -0.1) is 0 Å². The highest BCUT2D eigenvalue weighted by molar-refractivity contribution is 5.93. The Kier molecular flexibility index (Phi) is 6.85. The molecule has 0 aliphatic carbocycles. The van der Waals surface area contributed by atoms with E-state index in [0.717, 1.165) is 23.8 Å². The van der Waals surface area contributed by atoms with Crippen molar-refractivity contribution in [2.45, 2.75) is 26.7 Å². The summed E-state index contributed by atoms with van der Waals surface area (Å²) < 4.78 is 15.7. The maximum absolute atomic E-state index is 12.2. The molecule has 0 atom stereocenters. The Balaban J connectivity index is 1.62. The second kappa shape index (κ2) is 9.73. The molecule has 3 rings (SSSR count). The first-order valence-corrected chi connectivity index (χ1v) is 9.76. The zero-order valence-corrected chi connectivity index (χ0v) is 16.9. The maximum Gasteiger partial charge on any atom is 0.338 e. The standard InChI is InChI=1S/C23H23NO6/c1-3-5-16-12-22(26)30-20-13-18(10-11-19(16)20)29-14-21(25)24-17-8-6-15(7-9-17)23(27)28-4-2/h6-13H,3-5,14H2,1-2H3,(H,24,25). The number of benzene rings is 2. The van der Waals surface area contributed by atoms with Crippen LogP contribution < -0.4 is 15.7 Å². The van der Waals surface area contributed by atoms with Crippen molar-refractivity contribution in [3.05, 3.63) is 70.1 Å². The molecule has 2 aromatic carbocycles. The molecule has 0 unspecified atom stereocenters. The molecule has 0 aliphatic heterocycles. The Labute approximate surface area is 173 Å². The van der Waals surface area contributed by atoms with Gasteiger partial charge in [0, 0.05) is 23.2 Å². The minimum atomic E-state index is -0.413. The summed E-state index contributed by atoms with van der Waals surface area (Å²) in [4.78, 5) is 35.6. The van der Waals surface area contributed by atoms with Crippen LogP contribution in [0.3, 0.4) is 0 Å². The van der Waals surface area contributed by atoms with Crippen molar-refractivity contribution in [1.82, 2.24) is 0 Å². The predicted molar refractivity (Wildman–Crippen MR) is 113 cm³/mol. The summed E-state index contributed by atoms with van der Waals surface area (Å²) in [5, 5.41) is 3.55. The molecule has 0 fully saturated rings. The Morgan fingerprint density at radius 1 is 1.03 bits per heavy atom. The average Bonchev–Trinajstić information content (AvgIpc) is 2.73. The first kappa shape index (κ1) is 21.1. The van der Waals surface area contributed by atoms with Crippen molar-refractivity contribution in [1.29, 1.82) is 0 Å². The van der Waals surface area contributed by atoms with E-state index in [-0.39, 0.29) is 12.5 Å². The van der Waals surface area contributed by atoms with Crippen LogP contribution in [0.15, 0.2) is 57.7 Å². The predicted octanol–water partition coefficient (Wildman–Crippen LogP) is 3.94. The van der Waals surface area contributed by atoms with E-state index in [9.17, 15) is 14.4 Å². The molecule has 0 spiro atoms. The van der Waals surface area contributed by atoms with Crippen molar-refractivity contribution < 1.29 is 23.5 Å². The van der Waals surface area contributed by atoms with Gasteiger partial charge < -0.3 is 19.2 Å². The zero-order chi connectivity index (χ0) is 21.5. The molecule has 7 nitrogen and oxygen atoms in total. The van der Waals surface area contributed by atoms with Gasteiger partial charge in [-0.2, -0.15) is 0 Å². The zero-order valence-electron chi connectivity index (χ0n) is 16.9. The fourth-order valence-corrected chi connectivity index (χ4v) is 3.03. The second-order valence-corrected chi connectivity index (χ2v) is 6.63. The third kappa shape index (κ3) is 5.26. The summed E-state index contributed by atoms with van der Waals surface area (Å²) in [6.45, 7) is 3.86. The lowest BCUT2D eigenvalue weighted by atomic mass is 10.1. The van der Waals surface area contributed by atoms with Gasteiger partial charge in [0.05, 0.1) is 12.2 Å². The van der Waals surface area contributed by atoms with Gasteiger partial charge in [0.2, 0.25) is 0 Å². The average molecular weight is 409 g/mol. The normalized spacial score (nSPS) is 10.6. The van der Waals surface area contributed by atoms with Crippen LogP contribution in [0.1, 0.15) is 36.2 Å². The summed E-state index contributed by atoms with van der Waals surface area (Å²) in [7, 11) is 0. The monoisotopic (exact) mass is 409 g/mol. The minimum Gasteiger partial charge on any atom is -0.484 e. The molecule has 0 bridgehead atoms. The number of hydrogen-bond acceptors (Lipinski definition) is 6. The van der Waals surface area contributed by atoms with Crippen LogP contribution in [-0.2, 0) is 16.0 Å². The smallest absolute Gasteiger partial charge is 0.338 e. The Morgan fingerprint density at radius 2 is 1.80 bits per heavy atom. The van der Waals surface area contributed by atoms with Crippen LogP contribution >= 0.6 is 0 Å². The highest BCUT2D eigenvalue weighted by Gasteiger charge is 2.10. The van der Waals surface area contributed by atoms with E-state index in [4.69, 9.17) is 13.9 Å². The lowest BCUT2D eigenvalue weighted by Crippen LogP contribution is -2.20.